The number of aliphatic hydroxyl groups is 1. The summed E-state index contributed by atoms with van der Waals surface area (Å²) >= 11 is 0. The van der Waals surface area contributed by atoms with Crippen molar-refractivity contribution in [3.63, 3.8) is 0 Å². The van der Waals surface area contributed by atoms with Crippen LogP contribution in [0.25, 0.3) is 0 Å². The fraction of sp³-hybridized carbons (Fsp3) is 0.846. The monoisotopic (exact) mass is 414 g/mol. The molecule has 1 N–H and O–H groups in total. The number of esters is 1. The number of ether oxygens (including phenoxy) is 1. The van der Waals surface area contributed by atoms with Gasteiger partial charge in [-0.1, -0.05) is 32.6 Å². The van der Waals surface area contributed by atoms with E-state index in [2.05, 4.69) is 6.92 Å². The van der Waals surface area contributed by atoms with Gasteiger partial charge in [0.2, 0.25) is 0 Å². The third kappa shape index (κ3) is 3.42. The minimum atomic E-state index is -0.0502. The summed E-state index contributed by atoms with van der Waals surface area (Å²) in [6.45, 7) is 2.38. The van der Waals surface area contributed by atoms with Gasteiger partial charge in [0.1, 0.15) is 6.10 Å². The summed E-state index contributed by atoms with van der Waals surface area (Å²) in [6.07, 6.45) is 14.7. The summed E-state index contributed by atoms with van der Waals surface area (Å²) in [4.78, 5) is 24.6. The third-order valence-corrected chi connectivity index (χ3v) is 9.87. The average Bonchev–Trinajstić information content (AvgIpc) is 3.37. The van der Waals surface area contributed by atoms with Crippen molar-refractivity contribution in [3.8, 4) is 0 Å². The van der Waals surface area contributed by atoms with E-state index >= 15 is 0 Å². The van der Waals surface area contributed by atoms with Crippen LogP contribution in [0.1, 0.15) is 96.8 Å². The Morgan fingerprint density at radius 1 is 1.03 bits per heavy atom. The maximum Gasteiger partial charge on any atom is 0.306 e. The first kappa shape index (κ1) is 20.6. The molecule has 5 aliphatic rings. The predicted octanol–water partition coefficient (Wildman–Crippen LogP) is 5.90. The molecular formula is C26H38O4. The van der Waals surface area contributed by atoms with Crippen LogP contribution >= 0.6 is 0 Å². The van der Waals surface area contributed by atoms with Crippen LogP contribution in [0.5, 0.6) is 0 Å². The van der Waals surface area contributed by atoms with Gasteiger partial charge in [-0.25, -0.2) is 0 Å². The molecule has 4 nitrogen and oxygen atoms in total. The van der Waals surface area contributed by atoms with Gasteiger partial charge in [0.25, 0.3) is 0 Å². The van der Waals surface area contributed by atoms with Crippen molar-refractivity contribution in [2.24, 2.45) is 35.0 Å². The van der Waals surface area contributed by atoms with E-state index in [1.54, 1.807) is 0 Å². The fourth-order valence-corrected chi connectivity index (χ4v) is 8.25. The molecule has 0 amide bonds. The van der Waals surface area contributed by atoms with Crippen molar-refractivity contribution in [3.05, 3.63) is 11.3 Å². The molecule has 0 radical (unpaired) electrons. The Bertz CT molecular complexity index is 733. The van der Waals surface area contributed by atoms with Crippen molar-refractivity contribution in [2.75, 3.05) is 0 Å². The molecule has 4 heteroatoms. The lowest BCUT2D eigenvalue weighted by atomic mass is 9.52. The first-order chi connectivity index (χ1) is 14.5. The zero-order chi connectivity index (χ0) is 20.9. The van der Waals surface area contributed by atoms with Crippen molar-refractivity contribution in [2.45, 2.75) is 103 Å². The number of carbonyl (C=O) groups is 2. The number of Topliss-reactive ketones (excluding diaryl/α,β-unsaturated/α-hetero) is 1. The van der Waals surface area contributed by atoms with E-state index in [0.29, 0.717) is 36.5 Å². The number of hydrogen-bond donors (Lipinski definition) is 1. The van der Waals surface area contributed by atoms with E-state index in [-0.39, 0.29) is 29.0 Å². The van der Waals surface area contributed by atoms with Gasteiger partial charge < -0.3 is 9.84 Å². The molecule has 0 aromatic carbocycles. The predicted molar refractivity (Wildman–Crippen MR) is 115 cm³/mol. The summed E-state index contributed by atoms with van der Waals surface area (Å²) in [5.74, 6) is 3.08. The Balaban J connectivity index is 1.24. The molecule has 5 aliphatic carbocycles. The SMILES string of the molecule is C[C@]12CC[C@H]3[C@@H](CCC4=C(O)C(=O)CC[C@@H]43)[C@@H]1CC[C@@H]2OC(=O)CCC1CCCC1. The summed E-state index contributed by atoms with van der Waals surface area (Å²) in [6, 6.07) is 0. The molecular weight excluding hydrogens is 376 g/mol. The highest BCUT2D eigenvalue weighted by Crippen LogP contribution is 2.62. The zero-order valence-electron chi connectivity index (χ0n) is 18.5. The van der Waals surface area contributed by atoms with Gasteiger partial charge in [-0.3, -0.25) is 9.59 Å². The van der Waals surface area contributed by atoms with Crippen molar-refractivity contribution >= 4 is 11.8 Å². The molecule has 0 unspecified atom stereocenters. The van der Waals surface area contributed by atoms with Gasteiger partial charge in [0.05, 0.1) is 0 Å². The Kier molecular flexibility index (Phi) is 5.48. The van der Waals surface area contributed by atoms with Crippen LogP contribution in [0.15, 0.2) is 11.3 Å². The standard InChI is InChI=1S/C26H38O4/c1-26-15-14-18-17-9-11-22(27)25(29)20(17)8-7-19(18)21(26)10-12-23(26)30-24(28)13-6-16-4-2-3-5-16/h16-19,21,23,29H,2-15H2,1H3/t17-,18-,19-,21+,23+,26+/m1/s1. The summed E-state index contributed by atoms with van der Waals surface area (Å²) in [7, 11) is 0. The largest absolute Gasteiger partial charge is 0.504 e. The van der Waals surface area contributed by atoms with Gasteiger partial charge in [-0.05, 0) is 86.5 Å². The van der Waals surface area contributed by atoms with Crippen molar-refractivity contribution in [1.29, 1.82) is 0 Å². The summed E-state index contributed by atoms with van der Waals surface area (Å²) < 4.78 is 6.13. The van der Waals surface area contributed by atoms with Gasteiger partial charge in [-0.2, -0.15) is 0 Å². The van der Waals surface area contributed by atoms with E-state index in [1.807, 2.05) is 0 Å². The highest BCUT2D eigenvalue weighted by atomic mass is 16.5. The number of ketones is 1. The summed E-state index contributed by atoms with van der Waals surface area (Å²) in [5, 5.41) is 10.3. The number of fused-ring (bicyclic) bond motifs is 5. The molecule has 0 aromatic rings. The Hall–Kier alpha value is -1.32. The lowest BCUT2D eigenvalue weighted by Gasteiger charge is -2.53. The highest BCUT2D eigenvalue weighted by Gasteiger charge is 2.57. The van der Waals surface area contributed by atoms with Crippen molar-refractivity contribution < 1.29 is 19.4 Å². The maximum atomic E-state index is 12.6. The van der Waals surface area contributed by atoms with Gasteiger partial charge >= 0.3 is 5.97 Å². The summed E-state index contributed by atoms with van der Waals surface area (Å²) in [5.41, 5.74) is 1.17. The lowest BCUT2D eigenvalue weighted by Crippen LogP contribution is -2.48. The van der Waals surface area contributed by atoms with Crippen molar-refractivity contribution in [1.82, 2.24) is 0 Å². The topological polar surface area (TPSA) is 63.6 Å². The number of aliphatic hydroxyl groups excluding tert-OH is 1. The van der Waals surface area contributed by atoms with Crippen LogP contribution in [-0.4, -0.2) is 23.0 Å². The minimum absolute atomic E-state index is 0.0282. The first-order valence-electron chi connectivity index (χ1n) is 12.6. The Morgan fingerprint density at radius 3 is 2.63 bits per heavy atom. The van der Waals surface area contributed by atoms with E-state index in [0.717, 1.165) is 62.9 Å². The fourth-order valence-electron chi connectivity index (χ4n) is 8.25. The van der Waals surface area contributed by atoms with Gasteiger partial charge in [-0.15, -0.1) is 0 Å². The maximum absolute atomic E-state index is 12.6. The van der Waals surface area contributed by atoms with E-state index < -0.39 is 0 Å². The number of carbonyl (C=O) groups excluding carboxylic acids is 2. The van der Waals surface area contributed by atoms with Crippen LogP contribution in [0.2, 0.25) is 0 Å². The molecule has 0 aromatic heterocycles. The molecule has 6 atom stereocenters. The number of hydrogen-bond acceptors (Lipinski definition) is 4. The molecule has 5 rings (SSSR count). The van der Waals surface area contributed by atoms with Crippen LogP contribution in [0, 0.1) is 35.0 Å². The second kappa shape index (κ2) is 7.98. The quantitative estimate of drug-likeness (QED) is 0.582. The van der Waals surface area contributed by atoms with Gasteiger partial charge in [0.15, 0.2) is 11.5 Å². The number of rotatable bonds is 4. The molecule has 4 saturated carbocycles. The molecule has 166 valence electrons. The Labute approximate surface area is 180 Å². The van der Waals surface area contributed by atoms with Crippen LogP contribution in [0.3, 0.4) is 0 Å². The van der Waals surface area contributed by atoms with Crippen LogP contribution in [0.4, 0.5) is 0 Å². The molecule has 4 fully saturated rings. The van der Waals surface area contributed by atoms with E-state index in [1.165, 1.54) is 25.7 Å². The van der Waals surface area contributed by atoms with Crippen LogP contribution < -0.4 is 0 Å². The minimum Gasteiger partial charge on any atom is -0.504 e. The Morgan fingerprint density at radius 2 is 1.83 bits per heavy atom. The third-order valence-electron chi connectivity index (χ3n) is 9.87. The first-order valence-corrected chi connectivity index (χ1v) is 12.6. The molecule has 0 bridgehead atoms. The second-order valence-electron chi connectivity index (χ2n) is 11.2. The smallest absolute Gasteiger partial charge is 0.306 e. The molecule has 0 heterocycles. The molecule has 0 spiro atoms. The van der Waals surface area contributed by atoms with E-state index in [4.69, 9.17) is 4.74 Å². The molecule has 0 saturated heterocycles. The van der Waals surface area contributed by atoms with Crippen LogP contribution in [-0.2, 0) is 14.3 Å². The highest BCUT2D eigenvalue weighted by molar-refractivity contribution is 5.94. The van der Waals surface area contributed by atoms with E-state index in [9.17, 15) is 14.7 Å². The zero-order valence-corrected chi connectivity index (χ0v) is 18.5. The second-order valence-corrected chi connectivity index (χ2v) is 11.2. The number of allylic oxidation sites excluding steroid dienone is 1. The molecule has 30 heavy (non-hydrogen) atoms. The normalized spacial score (nSPS) is 41.4. The lowest BCUT2D eigenvalue weighted by molar-refractivity contribution is -0.159. The molecule has 0 aliphatic heterocycles. The van der Waals surface area contributed by atoms with Gasteiger partial charge in [0, 0.05) is 18.3 Å². The average molecular weight is 415 g/mol.